The minimum Gasteiger partial charge on any atom is -0.495 e. The van der Waals surface area contributed by atoms with E-state index in [9.17, 15) is 4.79 Å². The van der Waals surface area contributed by atoms with Crippen LogP contribution in [0.25, 0.3) is 0 Å². The molecule has 0 bridgehead atoms. The van der Waals surface area contributed by atoms with Crippen LogP contribution in [0.5, 0.6) is 5.75 Å². The fourth-order valence-electron chi connectivity index (χ4n) is 3.06. The van der Waals surface area contributed by atoms with Crippen LogP contribution in [0.1, 0.15) is 6.92 Å². The van der Waals surface area contributed by atoms with E-state index in [1.54, 1.807) is 37.7 Å². The number of rotatable bonds is 5. The van der Waals surface area contributed by atoms with Crippen molar-refractivity contribution in [1.29, 1.82) is 0 Å². The molecule has 0 aliphatic carbocycles. The van der Waals surface area contributed by atoms with Gasteiger partial charge in [-0.15, -0.1) is 0 Å². The molecule has 1 aliphatic heterocycles. The highest BCUT2D eigenvalue weighted by Gasteiger charge is 2.30. The number of quaternary nitrogens is 1. The number of ether oxygens (including phenoxy) is 1. The standard InChI is InChI=1S/C18H22ClN5O2/c1-13(17(25)22-14-4-5-16(26-2)15(19)12-14)23-8-10-24(11-9-23)18-20-6-3-7-21-18/h3-7,12-13H,8-11H2,1-2H3,(H,22,25)/p+1/t13-/m0/s1. The number of aromatic nitrogens is 2. The molecule has 26 heavy (non-hydrogen) atoms. The second-order valence-corrected chi connectivity index (χ2v) is 6.66. The molecule has 1 saturated heterocycles. The highest BCUT2D eigenvalue weighted by Crippen LogP contribution is 2.27. The minimum atomic E-state index is -0.158. The summed E-state index contributed by atoms with van der Waals surface area (Å²) >= 11 is 6.12. The molecule has 0 spiro atoms. The van der Waals surface area contributed by atoms with Gasteiger partial charge in [-0.1, -0.05) is 11.6 Å². The molecule has 3 rings (SSSR count). The number of halogens is 1. The highest BCUT2D eigenvalue weighted by molar-refractivity contribution is 6.32. The third-order valence-corrected chi connectivity index (χ3v) is 4.96. The lowest BCUT2D eigenvalue weighted by Gasteiger charge is -2.34. The first-order chi connectivity index (χ1) is 12.6. The lowest BCUT2D eigenvalue weighted by Crippen LogP contribution is -3.19. The number of anilines is 2. The molecule has 1 aromatic carbocycles. The van der Waals surface area contributed by atoms with Crippen LogP contribution in [0.15, 0.2) is 36.7 Å². The van der Waals surface area contributed by atoms with Crippen molar-refractivity contribution < 1.29 is 14.4 Å². The molecule has 1 aliphatic rings. The fourth-order valence-corrected chi connectivity index (χ4v) is 3.32. The SMILES string of the molecule is COc1ccc(NC(=O)[C@H](C)[NH+]2CCN(c3ncccn3)CC2)cc1Cl. The number of carbonyl (C=O) groups is 1. The summed E-state index contributed by atoms with van der Waals surface area (Å²) in [5.41, 5.74) is 0.670. The number of nitrogens with one attached hydrogen (secondary N) is 2. The first-order valence-corrected chi connectivity index (χ1v) is 8.97. The van der Waals surface area contributed by atoms with Crippen LogP contribution >= 0.6 is 11.6 Å². The summed E-state index contributed by atoms with van der Waals surface area (Å²) in [5.74, 6) is 1.31. The Morgan fingerprint density at radius 2 is 2.00 bits per heavy atom. The summed E-state index contributed by atoms with van der Waals surface area (Å²) in [6.45, 7) is 5.31. The Kier molecular flexibility index (Phi) is 5.90. The van der Waals surface area contributed by atoms with Gasteiger partial charge in [0.1, 0.15) is 5.75 Å². The second-order valence-electron chi connectivity index (χ2n) is 6.25. The predicted octanol–water partition coefficient (Wildman–Crippen LogP) is 0.871. The number of piperazine rings is 1. The molecule has 138 valence electrons. The van der Waals surface area contributed by atoms with Crippen molar-refractivity contribution in [3.63, 3.8) is 0 Å². The summed E-state index contributed by atoms with van der Waals surface area (Å²) in [6.07, 6.45) is 3.50. The van der Waals surface area contributed by atoms with E-state index in [2.05, 4.69) is 20.2 Å². The molecule has 8 heteroatoms. The molecular formula is C18H23ClN5O2+. The average Bonchev–Trinajstić information content (AvgIpc) is 2.68. The normalized spacial score (nSPS) is 16.2. The largest absolute Gasteiger partial charge is 0.495 e. The van der Waals surface area contributed by atoms with Gasteiger partial charge in [0, 0.05) is 18.1 Å². The zero-order valence-electron chi connectivity index (χ0n) is 14.9. The molecule has 1 amide bonds. The van der Waals surface area contributed by atoms with Gasteiger partial charge in [0.15, 0.2) is 6.04 Å². The summed E-state index contributed by atoms with van der Waals surface area (Å²) < 4.78 is 5.13. The van der Waals surface area contributed by atoms with Crippen LogP contribution in [-0.2, 0) is 4.79 Å². The number of amides is 1. The van der Waals surface area contributed by atoms with Gasteiger partial charge in [0.25, 0.3) is 5.91 Å². The Hall–Kier alpha value is -2.38. The van der Waals surface area contributed by atoms with Crippen molar-refractivity contribution in [3.8, 4) is 5.75 Å². The number of carbonyl (C=O) groups excluding carboxylic acids is 1. The van der Waals surface area contributed by atoms with E-state index < -0.39 is 0 Å². The zero-order valence-corrected chi connectivity index (χ0v) is 15.7. The first-order valence-electron chi connectivity index (χ1n) is 8.59. The number of methoxy groups -OCH3 is 1. The van der Waals surface area contributed by atoms with Gasteiger partial charge < -0.3 is 19.9 Å². The van der Waals surface area contributed by atoms with Crippen LogP contribution in [0.2, 0.25) is 5.02 Å². The molecule has 1 atom stereocenters. The third-order valence-electron chi connectivity index (χ3n) is 4.67. The Morgan fingerprint density at radius 1 is 1.31 bits per heavy atom. The minimum absolute atomic E-state index is 0.0226. The van der Waals surface area contributed by atoms with Crippen molar-refractivity contribution in [2.45, 2.75) is 13.0 Å². The number of hydrogen-bond acceptors (Lipinski definition) is 5. The Balaban J connectivity index is 1.55. The van der Waals surface area contributed by atoms with Crippen LogP contribution in [-0.4, -0.2) is 55.2 Å². The van der Waals surface area contributed by atoms with Crippen LogP contribution in [0.4, 0.5) is 11.6 Å². The topological polar surface area (TPSA) is 71.8 Å². The van der Waals surface area contributed by atoms with Crippen molar-refractivity contribution in [2.24, 2.45) is 0 Å². The van der Waals surface area contributed by atoms with E-state index in [-0.39, 0.29) is 11.9 Å². The Labute approximate surface area is 157 Å². The molecule has 0 saturated carbocycles. The first kappa shape index (κ1) is 18.4. The van der Waals surface area contributed by atoms with Crippen LogP contribution < -0.4 is 19.9 Å². The van der Waals surface area contributed by atoms with Crippen LogP contribution in [0.3, 0.4) is 0 Å². The van der Waals surface area contributed by atoms with Crippen molar-refractivity contribution >= 4 is 29.1 Å². The molecular weight excluding hydrogens is 354 g/mol. The van der Waals surface area contributed by atoms with Gasteiger partial charge in [-0.3, -0.25) is 4.79 Å². The smallest absolute Gasteiger partial charge is 0.282 e. The molecule has 0 radical (unpaired) electrons. The number of benzene rings is 1. The maximum absolute atomic E-state index is 12.6. The van der Waals surface area contributed by atoms with Crippen LogP contribution in [0, 0.1) is 0 Å². The molecule has 7 nitrogen and oxygen atoms in total. The van der Waals surface area contributed by atoms with E-state index in [0.717, 1.165) is 32.1 Å². The lowest BCUT2D eigenvalue weighted by atomic mass is 10.2. The molecule has 1 aromatic heterocycles. The van der Waals surface area contributed by atoms with E-state index in [0.29, 0.717) is 16.5 Å². The van der Waals surface area contributed by atoms with Gasteiger partial charge in [-0.2, -0.15) is 0 Å². The highest BCUT2D eigenvalue weighted by atomic mass is 35.5. The molecule has 2 aromatic rings. The van der Waals surface area contributed by atoms with Crippen molar-refractivity contribution in [2.75, 3.05) is 43.5 Å². The maximum Gasteiger partial charge on any atom is 0.282 e. The lowest BCUT2D eigenvalue weighted by molar-refractivity contribution is -0.914. The Bertz CT molecular complexity index is 751. The summed E-state index contributed by atoms with van der Waals surface area (Å²) in [4.78, 5) is 24.6. The Morgan fingerprint density at radius 3 is 2.62 bits per heavy atom. The second kappa shape index (κ2) is 8.33. The van der Waals surface area contributed by atoms with E-state index in [1.165, 1.54) is 4.90 Å². The number of hydrogen-bond donors (Lipinski definition) is 2. The van der Waals surface area contributed by atoms with Crippen molar-refractivity contribution in [3.05, 3.63) is 41.7 Å². The predicted molar refractivity (Wildman–Crippen MR) is 101 cm³/mol. The maximum atomic E-state index is 12.6. The molecule has 1 fully saturated rings. The zero-order chi connectivity index (χ0) is 18.5. The van der Waals surface area contributed by atoms with Gasteiger partial charge in [-0.05, 0) is 31.2 Å². The number of nitrogens with zero attached hydrogens (tertiary/aromatic N) is 3. The third kappa shape index (κ3) is 4.23. The summed E-state index contributed by atoms with van der Waals surface area (Å²) in [6, 6.07) is 6.88. The fraction of sp³-hybridized carbons (Fsp3) is 0.389. The van der Waals surface area contributed by atoms with E-state index in [4.69, 9.17) is 16.3 Å². The molecule has 0 unspecified atom stereocenters. The van der Waals surface area contributed by atoms with Crippen molar-refractivity contribution in [1.82, 2.24) is 9.97 Å². The van der Waals surface area contributed by atoms with Gasteiger partial charge in [-0.25, -0.2) is 9.97 Å². The summed E-state index contributed by atoms with van der Waals surface area (Å²) in [5, 5.41) is 3.41. The molecule has 2 heterocycles. The summed E-state index contributed by atoms with van der Waals surface area (Å²) in [7, 11) is 1.56. The quantitative estimate of drug-likeness (QED) is 0.810. The monoisotopic (exact) mass is 376 g/mol. The van der Waals surface area contributed by atoms with Gasteiger partial charge in [0.05, 0.1) is 38.3 Å². The van der Waals surface area contributed by atoms with Gasteiger partial charge >= 0.3 is 0 Å². The van der Waals surface area contributed by atoms with Gasteiger partial charge in [0.2, 0.25) is 5.95 Å². The molecule has 2 N–H and O–H groups in total. The van der Waals surface area contributed by atoms with E-state index in [1.807, 2.05) is 13.0 Å². The van der Waals surface area contributed by atoms with E-state index >= 15 is 0 Å². The average molecular weight is 377 g/mol.